The lowest BCUT2D eigenvalue weighted by atomic mass is 9.86. The second-order valence-corrected chi connectivity index (χ2v) is 8.84. The fourth-order valence-electron chi connectivity index (χ4n) is 4.61. The third kappa shape index (κ3) is 4.56. The number of nitriles is 1. The molecule has 0 saturated heterocycles. The van der Waals surface area contributed by atoms with Crippen LogP contribution in [-0.2, 0) is 0 Å². The number of hydrogen-bond acceptors (Lipinski definition) is 5. The van der Waals surface area contributed by atoms with Gasteiger partial charge < -0.3 is 11.1 Å². The number of rotatable bonds is 6. The summed E-state index contributed by atoms with van der Waals surface area (Å²) in [5, 5.41) is 24.2. The second-order valence-electron chi connectivity index (χ2n) is 8.84. The van der Waals surface area contributed by atoms with Crippen molar-refractivity contribution in [1.82, 2.24) is 20.0 Å². The number of nitrogens with one attached hydrogen (secondary N) is 2. The number of nitrogens with two attached hydrogens (primary N) is 1. The van der Waals surface area contributed by atoms with Gasteiger partial charge in [0.25, 0.3) is 0 Å². The maximum Gasteiger partial charge on any atom is 0.149 e. The van der Waals surface area contributed by atoms with E-state index < -0.39 is 5.82 Å². The second kappa shape index (κ2) is 9.49. The quantitative estimate of drug-likeness (QED) is 0.384. The van der Waals surface area contributed by atoms with Crippen LogP contribution >= 0.6 is 0 Å². The number of aromatic nitrogens is 4. The Morgan fingerprint density at radius 2 is 1.94 bits per heavy atom. The zero-order valence-electron chi connectivity index (χ0n) is 18.7. The monoisotopic (exact) mass is 455 g/mol. The van der Waals surface area contributed by atoms with Crippen LogP contribution in [0, 0.1) is 23.1 Å². The Balaban J connectivity index is 1.47. The molecule has 4 N–H and O–H groups in total. The van der Waals surface area contributed by atoms with Crippen molar-refractivity contribution in [3.8, 4) is 34.1 Å². The summed E-state index contributed by atoms with van der Waals surface area (Å²) in [6.07, 6.45) is 8.02. The van der Waals surface area contributed by atoms with Gasteiger partial charge >= 0.3 is 0 Å². The molecule has 1 aliphatic rings. The average molecular weight is 456 g/mol. The first-order valence-corrected chi connectivity index (χ1v) is 11.5. The van der Waals surface area contributed by atoms with E-state index in [-0.39, 0.29) is 11.6 Å². The summed E-state index contributed by atoms with van der Waals surface area (Å²) < 4.78 is 16.2. The predicted molar refractivity (Wildman–Crippen MR) is 130 cm³/mol. The summed E-state index contributed by atoms with van der Waals surface area (Å²) in [6, 6.07) is 16.7. The van der Waals surface area contributed by atoms with Gasteiger partial charge in [0.05, 0.1) is 23.1 Å². The molecule has 0 bridgehead atoms. The van der Waals surface area contributed by atoms with Crippen LogP contribution in [-0.4, -0.2) is 32.6 Å². The topological polar surface area (TPSA) is 108 Å². The van der Waals surface area contributed by atoms with E-state index in [2.05, 4.69) is 15.5 Å². The summed E-state index contributed by atoms with van der Waals surface area (Å²) in [5.74, 6) is 0.686. The molecule has 2 aromatic heterocycles. The minimum atomic E-state index is -0.547. The maximum atomic E-state index is 14.4. The molecule has 0 unspecified atom stereocenters. The lowest BCUT2D eigenvalue weighted by Gasteiger charge is -2.26. The van der Waals surface area contributed by atoms with Crippen LogP contribution in [0.1, 0.15) is 31.2 Å². The molecule has 34 heavy (non-hydrogen) atoms. The highest BCUT2D eigenvalue weighted by molar-refractivity contribution is 5.68. The summed E-state index contributed by atoms with van der Waals surface area (Å²) in [5.41, 5.74) is 10.4. The molecule has 8 heteroatoms. The van der Waals surface area contributed by atoms with Crippen LogP contribution in [0.2, 0.25) is 0 Å². The van der Waals surface area contributed by atoms with Crippen molar-refractivity contribution < 1.29 is 4.39 Å². The highest BCUT2D eigenvalue weighted by Gasteiger charge is 2.20. The highest BCUT2D eigenvalue weighted by Crippen LogP contribution is 2.30. The van der Waals surface area contributed by atoms with E-state index in [1.54, 1.807) is 16.9 Å². The molecule has 1 fully saturated rings. The van der Waals surface area contributed by atoms with Gasteiger partial charge in [-0.25, -0.2) is 9.07 Å². The van der Waals surface area contributed by atoms with Crippen LogP contribution in [0.3, 0.4) is 0 Å². The molecule has 2 atom stereocenters. The molecule has 0 aliphatic heterocycles. The number of anilines is 1. The average Bonchev–Trinajstić information content (AvgIpc) is 3.54. The van der Waals surface area contributed by atoms with Crippen molar-refractivity contribution in [3.05, 3.63) is 72.3 Å². The molecule has 0 spiro atoms. The van der Waals surface area contributed by atoms with Gasteiger partial charge in [0.15, 0.2) is 0 Å². The van der Waals surface area contributed by atoms with Crippen LogP contribution in [0.4, 0.5) is 10.2 Å². The molecule has 2 aromatic carbocycles. The van der Waals surface area contributed by atoms with Gasteiger partial charge in [-0.15, -0.1) is 5.10 Å². The zero-order valence-corrected chi connectivity index (χ0v) is 18.7. The van der Waals surface area contributed by atoms with Crippen LogP contribution in [0.15, 0.2) is 60.9 Å². The summed E-state index contributed by atoms with van der Waals surface area (Å²) in [6.45, 7) is 0.797. The standard InChI is InChI=1S/C26H26FN7/c27-24-11-19(4-5-20(24)13-28)25-12-26(30-14-17-2-1-3-22(29)10-17)33-34(25)23-8-6-18(7-9-23)21-15-31-32-16-21/h4-9,11-12,15-17,22H,1-3,10,14,29H2,(H,30,33)(H,31,32)/t17-,22-/m0/s1. The SMILES string of the molecule is N#Cc1ccc(-c2cc(NC[C@H]3CCC[C@H](N)C3)nn2-c2ccc(-c3cn[nH]c3)cc2)cc1F. The van der Waals surface area contributed by atoms with E-state index in [1.165, 1.54) is 12.1 Å². The van der Waals surface area contributed by atoms with Crippen molar-refractivity contribution in [2.45, 2.75) is 31.7 Å². The molecule has 4 aromatic rings. The van der Waals surface area contributed by atoms with Crippen molar-refractivity contribution in [2.24, 2.45) is 11.7 Å². The number of H-pyrrole nitrogens is 1. The van der Waals surface area contributed by atoms with Crippen LogP contribution in [0.5, 0.6) is 0 Å². The highest BCUT2D eigenvalue weighted by atomic mass is 19.1. The molecular formula is C26H26FN7. The fraction of sp³-hybridized carbons (Fsp3) is 0.269. The number of benzene rings is 2. The number of nitrogens with zero attached hydrogens (tertiary/aromatic N) is 4. The van der Waals surface area contributed by atoms with Gasteiger partial charge in [0, 0.05) is 36.0 Å². The first-order chi connectivity index (χ1) is 16.6. The van der Waals surface area contributed by atoms with Crippen LogP contribution < -0.4 is 11.1 Å². The third-order valence-electron chi connectivity index (χ3n) is 6.43. The van der Waals surface area contributed by atoms with Crippen molar-refractivity contribution >= 4 is 5.82 Å². The smallest absolute Gasteiger partial charge is 0.149 e. The van der Waals surface area contributed by atoms with E-state index in [9.17, 15) is 4.39 Å². The van der Waals surface area contributed by atoms with Crippen molar-refractivity contribution in [3.63, 3.8) is 0 Å². The summed E-state index contributed by atoms with van der Waals surface area (Å²) >= 11 is 0. The Hall–Kier alpha value is -3.96. The van der Waals surface area contributed by atoms with E-state index in [1.807, 2.05) is 42.6 Å². The summed E-state index contributed by atoms with van der Waals surface area (Å²) in [7, 11) is 0. The van der Waals surface area contributed by atoms with E-state index >= 15 is 0 Å². The molecule has 0 radical (unpaired) electrons. The largest absolute Gasteiger partial charge is 0.368 e. The summed E-state index contributed by atoms with van der Waals surface area (Å²) in [4.78, 5) is 0. The van der Waals surface area contributed by atoms with Crippen molar-refractivity contribution in [2.75, 3.05) is 11.9 Å². The molecule has 5 rings (SSSR count). The first-order valence-electron chi connectivity index (χ1n) is 11.5. The number of aromatic amines is 1. The van der Waals surface area contributed by atoms with Gasteiger partial charge in [-0.2, -0.15) is 10.4 Å². The van der Waals surface area contributed by atoms with Gasteiger partial charge in [0.1, 0.15) is 17.7 Å². The lowest BCUT2D eigenvalue weighted by molar-refractivity contribution is 0.335. The van der Waals surface area contributed by atoms with Crippen LogP contribution in [0.25, 0.3) is 28.1 Å². The minimum absolute atomic E-state index is 0.0197. The Kier molecular flexibility index (Phi) is 6.11. The lowest BCUT2D eigenvalue weighted by Crippen LogP contribution is -2.31. The predicted octanol–water partition coefficient (Wildman–Crippen LogP) is 4.87. The molecule has 1 saturated carbocycles. The van der Waals surface area contributed by atoms with E-state index in [0.29, 0.717) is 11.5 Å². The van der Waals surface area contributed by atoms with Gasteiger partial charge in [-0.05, 0) is 55.0 Å². The first kappa shape index (κ1) is 21.9. The fourth-order valence-corrected chi connectivity index (χ4v) is 4.61. The maximum absolute atomic E-state index is 14.4. The third-order valence-corrected chi connectivity index (χ3v) is 6.43. The normalized spacial score (nSPS) is 17.9. The Labute approximate surface area is 197 Å². The molecule has 7 nitrogen and oxygen atoms in total. The van der Waals surface area contributed by atoms with Gasteiger partial charge in [-0.1, -0.05) is 24.6 Å². The number of halogens is 1. The Bertz CT molecular complexity index is 1300. The zero-order chi connectivity index (χ0) is 23.5. The Morgan fingerprint density at radius 3 is 2.65 bits per heavy atom. The molecule has 1 aliphatic carbocycles. The molecular weight excluding hydrogens is 429 g/mol. The Morgan fingerprint density at radius 1 is 1.12 bits per heavy atom. The minimum Gasteiger partial charge on any atom is -0.368 e. The van der Waals surface area contributed by atoms with Gasteiger partial charge in [-0.3, -0.25) is 5.10 Å². The van der Waals surface area contributed by atoms with E-state index in [0.717, 1.165) is 60.6 Å². The molecule has 2 heterocycles. The van der Waals surface area contributed by atoms with E-state index in [4.69, 9.17) is 16.1 Å². The number of hydrogen-bond donors (Lipinski definition) is 3. The van der Waals surface area contributed by atoms with Crippen molar-refractivity contribution in [1.29, 1.82) is 5.26 Å². The van der Waals surface area contributed by atoms with Gasteiger partial charge in [0.2, 0.25) is 0 Å². The molecule has 172 valence electrons. The molecule has 0 amide bonds.